The maximum absolute atomic E-state index is 13.5. The second-order valence-corrected chi connectivity index (χ2v) is 7.23. The first-order chi connectivity index (χ1) is 13.8. The highest BCUT2D eigenvalue weighted by atomic mass is 19.1. The summed E-state index contributed by atoms with van der Waals surface area (Å²) in [5.74, 6) is -1.33. The van der Waals surface area contributed by atoms with E-state index in [1.807, 2.05) is 19.9 Å². The minimum atomic E-state index is -0.973. The first-order valence-electron chi connectivity index (χ1n) is 9.32. The lowest BCUT2D eigenvalue weighted by atomic mass is 9.88. The molecule has 0 atom stereocenters. The fraction of sp³-hybridized carbons (Fsp3) is 0.273. The number of hydrogen-bond acceptors (Lipinski definition) is 3. The van der Waals surface area contributed by atoms with Crippen molar-refractivity contribution in [2.24, 2.45) is 0 Å². The molecule has 1 aliphatic rings. The van der Waals surface area contributed by atoms with Gasteiger partial charge in [-0.3, -0.25) is 9.69 Å². The van der Waals surface area contributed by atoms with Gasteiger partial charge in [0, 0.05) is 24.2 Å². The van der Waals surface area contributed by atoms with Gasteiger partial charge in [0.2, 0.25) is 0 Å². The number of amides is 1. The molecular formula is C22H21FN2O4. The van der Waals surface area contributed by atoms with Crippen molar-refractivity contribution in [2.75, 3.05) is 18.6 Å². The molecule has 0 unspecified atom stereocenters. The number of aromatic nitrogens is 1. The van der Waals surface area contributed by atoms with Crippen LogP contribution in [0, 0.1) is 19.7 Å². The van der Waals surface area contributed by atoms with E-state index in [1.54, 1.807) is 17.0 Å². The Morgan fingerprint density at radius 1 is 1.17 bits per heavy atom. The van der Waals surface area contributed by atoms with E-state index in [4.69, 9.17) is 4.74 Å². The van der Waals surface area contributed by atoms with E-state index in [2.05, 4.69) is 4.57 Å². The number of carboxylic acid groups (broad SMARTS) is 1. The van der Waals surface area contributed by atoms with Crippen LogP contribution in [0.1, 0.15) is 16.8 Å². The van der Waals surface area contributed by atoms with E-state index in [9.17, 15) is 19.1 Å². The third-order valence-corrected chi connectivity index (χ3v) is 5.58. The Morgan fingerprint density at radius 2 is 1.86 bits per heavy atom. The van der Waals surface area contributed by atoms with Crippen molar-refractivity contribution in [3.63, 3.8) is 0 Å². The molecule has 150 valence electrons. The van der Waals surface area contributed by atoms with E-state index in [0.29, 0.717) is 29.9 Å². The van der Waals surface area contributed by atoms with E-state index >= 15 is 0 Å². The van der Waals surface area contributed by atoms with E-state index in [0.717, 1.165) is 27.7 Å². The van der Waals surface area contributed by atoms with Crippen molar-refractivity contribution in [2.45, 2.75) is 26.8 Å². The molecule has 0 radical (unpaired) electrons. The molecule has 1 amide bonds. The molecule has 0 bridgehead atoms. The standard InChI is InChI=1S/C22H21FN2O4/c1-12-10-17-19(14-4-6-15(23)7-5-14)16(11-18(26)27)13(2)20-21(17)24(12)8-9-25(20)22(28)29-3/h4-7,10H,8-9,11H2,1-3H3,(H,26,27). The number of benzene rings is 2. The van der Waals surface area contributed by atoms with Gasteiger partial charge in [-0.15, -0.1) is 0 Å². The molecule has 0 spiro atoms. The van der Waals surface area contributed by atoms with Crippen LogP contribution in [0.3, 0.4) is 0 Å². The van der Waals surface area contributed by atoms with Crippen LogP contribution >= 0.6 is 0 Å². The SMILES string of the molecule is COC(=O)N1CCn2c(C)cc3c(-c4ccc(F)cc4)c(CC(=O)O)c(C)c1c32. The van der Waals surface area contributed by atoms with E-state index in [-0.39, 0.29) is 12.2 Å². The Hall–Kier alpha value is -3.35. The average Bonchev–Trinajstić information content (AvgIpc) is 3.02. The highest BCUT2D eigenvalue weighted by Gasteiger charge is 2.31. The Morgan fingerprint density at radius 3 is 2.48 bits per heavy atom. The number of carbonyl (C=O) groups excluding carboxylic acids is 1. The zero-order chi connectivity index (χ0) is 20.9. The molecule has 29 heavy (non-hydrogen) atoms. The minimum absolute atomic E-state index is 0.208. The normalized spacial score (nSPS) is 13.0. The van der Waals surface area contributed by atoms with Gasteiger partial charge in [-0.25, -0.2) is 9.18 Å². The maximum Gasteiger partial charge on any atom is 0.414 e. The van der Waals surface area contributed by atoms with Crippen molar-refractivity contribution in [1.82, 2.24) is 4.57 Å². The highest BCUT2D eigenvalue weighted by Crippen LogP contribution is 2.45. The molecule has 7 heteroatoms. The number of nitrogens with zero attached hydrogens (tertiary/aromatic N) is 2. The van der Waals surface area contributed by atoms with Crippen LogP contribution in [0.15, 0.2) is 30.3 Å². The van der Waals surface area contributed by atoms with Crippen LogP contribution in [0.5, 0.6) is 0 Å². The first kappa shape index (κ1) is 19.0. The number of carboxylic acids is 1. The van der Waals surface area contributed by atoms with Gasteiger partial charge >= 0.3 is 12.1 Å². The number of halogens is 1. The molecule has 1 aliphatic heterocycles. The first-order valence-corrected chi connectivity index (χ1v) is 9.32. The molecule has 0 aliphatic carbocycles. The summed E-state index contributed by atoms with van der Waals surface area (Å²) in [5.41, 5.74) is 5.38. The minimum Gasteiger partial charge on any atom is -0.481 e. The lowest BCUT2D eigenvalue weighted by Crippen LogP contribution is -2.38. The quantitative estimate of drug-likeness (QED) is 0.717. The zero-order valence-electron chi connectivity index (χ0n) is 16.5. The summed E-state index contributed by atoms with van der Waals surface area (Å²) in [6.45, 7) is 4.86. The van der Waals surface area contributed by atoms with E-state index < -0.39 is 12.1 Å². The van der Waals surface area contributed by atoms with Gasteiger partial charge in [0.15, 0.2) is 0 Å². The molecule has 0 fully saturated rings. The third-order valence-electron chi connectivity index (χ3n) is 5.58. The second-order valence-electron chi connectivity index (χ2n) is 7.23. The van der Waals surface area contributed by atoms with E-state index in [1.165, 1.54) is 19.2 Å². The number of rotatable bonds is 3. The van der Waals surface area contributed by atoms with Gasteiger partial charge in [0.25, 0.3) is 0 Å². The molecule has 3 aromatic rings. The molecule has 6 nitrogen and oxygen atoms in total. The van der Waals surface area contributed by atoms with Gasteiger partial charge in [0.1, 0.15) is 5.82 Å². The molecule has 1 aromatic heterocycles. The Bertz CT molecular complexity index is 1150. The molecule has 2 aromatic carbocycles. The topological polar surface area (TPSA) is 71.8 Å². The third kappa shape index (κ3) is 2.93. The summed E-state index contributed by atoms with van der Waals surface area (Å²) < 4.78 is 20.6. The summed E-state index contributed by atoms with van der Waals surface area (Å²) in [7, 11) is 1.33. The van der Waals surface area contributed by atoms with Crippen molar-refractivity contribution in [3.05, 3.63) is 53.0 Å². The van der Waals surface area contributed by atoms with Crippen LogP contribution in [-0.2, 0) is 22.5 Å². The number of methoxy groups -OCH3 is 1. The molecule has 0 saturated heterocycles. The molecular weight excluding hydrogens is 375 g/mol. The second kappa shape index (κ2) is 6.92. The number of ether oxygens (including phenoxy) is 1. The predicted octanol–water partition coefficient (Wildman–Crippen LogP) is 4.28. The summed E-state index contributed by atoms with van der Waals surface area (Å²) in [6.07, 6.45) is -0.684. The zero-order valence-corrected chi connectivity index (χ0v) is 16.5. The summed E-state index contributed by atoms with van der Waals surface area (Å²) in [4.78, 5) is 25.7. The van der Waals surface area contributed by atoms with Crippen LogP contribution in [0.25, 0.3) is 22.0 Å². The van der Waals surface area contributed by atoms with Crippen molar-refractivity contribution < 1.29 is 23.8 Å². The van der Waals surface area contributed by atoms with Crippen LogP contribution in [0.2, 0.25) is 0 Å². The fourth-order valence-corrected chi connectivity index (χ4v) is 4.33. The van der Waals surface area contributed by atoms with Crippen molar-refractivity contribution in [3.8, 4) is 11.1 Å². The fourth-order valence-electron chi connectivity index (χ4n) is 4.33. The van der Waals surface area contributed by atoms with Crippen LogP contribution in [-0.4, -0.2) is 35.4 Å². The lowest BCUT2D eigenvalue weighted by molar-refractivity contribution is -0.136. The van der Waals surface area contributed by atoms with Crippen LogP contribution in [0.4, 0.5) is 14.9 Å². The van der Waals surface area contributed by atoms with Gasteiger partial charge < -0.3 is 14.4 Å². The summed E-state index contributed by atoms with van der Waals surface area (Å²) in [5, 5.41) is 10.4. The number of carbonyl (C=O) groups is 2. The summed E-state index contributed by atoms with van der Waals surface area (Å²) in [6, 6.07) is 8.05. The average molecular weight is 396 g/mol. The lowest BCUT2D eigenvalue weighted by Gasteiger charge is -2.31. The Labute approximate surface area is 167 Å². The Kier molecular flexibility index (Phi) is 4.53. The van der Waals surface area contributed by atoms with Crippen LogP contribution < -0.4 is 4.90 Å². The van der Waals surface area contributed by atoms with Crippen molar-refractivity contribution >= 4 is 28.7 Å². The predicted molar refractivity (Wildman–Crippen MR) is 108 cm³/mol. The number of aryl methyl sites for hydroxylation is 1. The highest BCUT2D eigenvalue weighted by molar-refractivity contribution is 6.10. The maximum atomic E-state index is 13.5. The largest absolute Gasteiger partial charge is 0.481 e. The molecule has 0 saturated carbocycles. The van der Waals surface area contributed by atoms with Gasteiger partial charge in [-0.2, -0.15) is 0 Å². The summed E-state index contributed by atoms with van der Waals surface area (Å²) >= 11 is 0. The Balaban J connectivity index is 2.13. The number of hydrogen-bond donors (Lipinski definition) is 1. The van der Waals surface area contributed by atoms with Gasteiger partial charge in [0.05, 0.1) is 24.7 Å². The van der Waals surface area contributed by atoms with Gasteiger partial charge in [-0.1, -0.05) is 12.1 Å². The van der Waals surface area contributed by atoms with Gasteiger partial charge in [-0.05, 0) is 54.3 Å². The molecule has 2 heterocycles. The van der Waals surface area contributed by atoms with Crippen molar-refractivity contribution in [1.29, 1.82) is 0 Å². The smallest absolute Gasteiger partial charge is 0.414 e. The molecule has 1 N–H and O–H groups in total. The number of aliphatic carboxylic acids is 1. The molecule has 4 rings (SSSR count). The number of anilines is 1. The monoisotopic (exact) mass is 396 g/mol.